The van der Waals surface area contributed by atoms with E-state index in [0.29, 0.717) is 17.7 Å². The van der Waals surface area contributed by atoms with E-state index in [4.69, 9.17) is 4.98 Å². The average molecular weight is 408 g/mol. The Kier molecular flexibility index (Phi) is 6.63. The highest BCUT2D eigenvalue weighted by Gasteiger charge is 2.24. The fourth-order valence-electron chi connectivity index (χ4n) is 3.51. The molecule has 148 valence electrons. The lowest BCUT2D eigenvalue weighted by Crippen LogP contribution is -2.38. The first-order valence-corrected chi connectivity index (χ1v) is 11.6. The van der Waals surface area contributed by atoms with Crippen LogP contribution in [0.2, 0.25) is 0 Å². The molecular weight excluding hydrogens is 378 g/mol. The summed E-state index contributed by atoms with van der Waals surface area (Å²) in [6.07, 6.45) is 6.46. The van der Waals surface area contributed by atoms with Crippen LogP contribution < -0.4 is 10.9 Å². The molecule has 0 aromatic carbocycles. The first kappa shape index (κ1) is 20.4. The highest BCUT2D eigenvalue weighted by Crippen LogP contribution is 2.30. The normalized spacial score (nSPS) is 16.1. The van der Waals surface area contributed by atoms with Gasteiger partial charge in [-0.2, -0.15) is 0 Å². The summed E-state index contributed by atoms with van der Waals surface area (Å²) in [6.45, 7) is 8.68. The maximum Gasteiger partial charge on any atom is 0.263 e. The Bertz CT molecular complexity index is 881. The van der Waals surface area contributed by atoms with E-state index in [9.17, 15) is 9.59 Å². The van der Waals surface area contributed by atoms with Crippen LogP contribution in [-0.4, -0.2) is 26.8 Å². The van der Waals surface area contributed by atoms with E-state index in [1.165, 1.54) is 24.6 Å². The molecule has 0 aliphatic heterocycles. The van der Waals surface area contributed by atoms with E-state index < -0.39 is 0 Å². The first-order valence-electron chi connectivity index (χ1n) is 9.90. The van der Waals surface area contributed by atoms with Gasteiger partial charge in [0.05, 0.1) is 10.6 Å². The molecule has 2 aromatic heterocycles. The standard InChI is InChI=1S/C20H29N3O2S2/c1-5-6-11-23-19(25)16-12(2)13(3)26-18(16)22-20(23)27-14(4)17(24)21-15-9-7-8-10-15/h14-15H,5-11H2,1-4H3,(H,21,24). The number of nitrogens with one attached hydrogen (secondary N) is 1. The third-order valence-electron chi connectivity index (χ3n) is 5.34. The lowest BCUT2D eigenvalue weighted by atomic mass is 10.2. The molecule has 2 heterocycles. The Labute approximate surface area is 169 Å². The molecule has 5 nitrogen and oxygen atoms in total. The van der Waals surface area contributed by atoms with Gasteiger partial charge in [-0.05, 0) is 45.6 Å². The number of hydrogen-bond donors (Lipinski definition) is 1. The number of amides is 1. The number of thiophene rings is 1. The summed E-state index contributed by atoms with van der Waals surface area (Å²) in [5, 5.41) is 4.28. The highest BCUT2D eigenvalue weighted by molar-refractivity contribution is 8.00. The molecule has 27 heavy (non-hydrogen) atoms. The molecule has 3 rings (SSSR count). The van der Waals surface area contributed by atoms with Crippen LogP contribution in [0.1, 0.15) is 62.8 Å². The van der Waals surface area contributed by atoms with Crippen molar-refractivity contribution in [3.63, 3.8) is 0 Å². The van der Waals surface area contributed by atoms with Gasteiger partial charge in [0.2, 0.25) is 5.91 Å². The Morgan fingerprint density at radius 2 is 2.07 bits per heavy atom. The zero-order valence-corrected chi connectivity index (χ0v) is 18.3. The van der Waals surface area contributed by atoms with Crippen LogP contribution in [0.15, 0.2) is 9.95 Å². The van der Waals surface area contributed by atoms with Crippen LogP contribution in [-0.2, 0) is 11.3 Å². The number of unbranched alkanes of at least 4 members (excludes halogenated alkanes) is 1. The van der Waals surface area contributed by atoms with Crippen molar-refractivity contribution in [3.8, 4) is 0 Å². The first-order chi connectivity index (χ1) is 12.9. The lowest BCUT2D eigenvalue weighted by molar-refractivity contribution is -0.120. The fraction of sp³-hybridized carbons (Fsp3) is 0.650. The van der Waals surface area contributed by atoms with Gasteiger partial charge in [-0.3, -0.25) is 14.2 Å². The molecule has 1 N–H and O–H groups in total. The Morgan fingerprint density at radius 1 is 1.37 bits per heavy atom. The Morgan fingerprint density at radius 3 is 2.74 bits per heavy atom. The third kappa shape index (κ3) is 4.40. The van der Waals surface area contributed by atoms with Crippen molar-refractivity contribution < 1.29 is 4.79 Å². The molecule has 7 heteroatoms. The molecule has 0 spiro atoms. The van der Waals surface area contributed by atoms with E-state index in [1.807, 2.05) is 20.8 Å². The largest absolute Gasteiger partial charge is 0.352 e. The minimum absolute atomic E-state index is 0.0289. The van der Waals surface area contributed by atoms with Crippen LogP contribution in [0.5, 0.6) is 0 Å². The van der Waals surface area contributed by atoms with E-state index in [-0.39, 0.29) is 16.7 Å². The second-order valence-corrected chi connectivity index (χ2v) is 9.93. The maximum atomic E-state index is 13.1. The number of hydrogen-bond acceptors (Lipinski definition) is 5. The smallest absolute Gasteiger partial charge is 0.263 e. The van der Waals surface area contributed by atoms with Gasteiger partial charge in [-0.15, -0.1) is 11.3 Å². The predicted octanol–water partition coefficient (Wildman–Crippen LogP) is 4.41. The van der Waals surface area contributed by atoms with Gasteiger partial charge in [0.25, 0.3) is 5.56 Å². The maximum absolute atomic E-state index is 13.1. The van der Waals surface area contributed by atoms with Crippen LogP contribution in [0.25, 0.3) is 10.2 Å². The lowest BCUT2D eigenvalue weighted by Gasteiger charge is -2.18. The topological polar surface area (TPSA) is 64.0 Å². The van der Waals surface area contributed by atoms with Crippen LogP contribution in [0.3, 0.4) is 0 Å². The number of carbonyl (C=O) groups is 1. The molecule has 1 fully saturated rings. The fourth-order valence-corrected chi connectivity index (χ4v) is 5.53. The SMILES string of the molecule is CCCCn1c(SC(C)C(=O)NC2CCCC2)nc2sc(C)c(C)c2c1=O. The molecule has 1 unspecified atom stereocenters. The van der Waals surface area contributed by atoms with Crippen molar-refractivity contribution in [2.24, 2.45) is 0 Å². The van der Waals surface area contributed by atoms with Gasteiger partial charge in [0, 0.05) is 17.5 Å². The zero-order chi connectivity index (χ0) is 19.6. The van der Waals surface area contributed by atoms with Gasteiger partial charge in [0.15, 0.2) is 5.16 Å². The van der Waals surface area contributed by atoms with Gasteiger partial charge in [0.1, 0.15) is 4.83 Å². The Hall–Kier alpha value is -1.34. The molecule has 2 aromatic rings. The minimum atomic E-state index is -0.273. The number of aromatic nitrogens is 2. The van der Waals surface area contributed by atoms with Crippen molar-refractivity contribution in [3.05, 3.63) is 20.8 Å². The summed E-state index contributed by atoms with van der Waals surface area (Å²) in [5.41, 5.74) is 1.06. The molecule has 1 atom stereocenters. The van der Waals surface area contributed by atoms with Gasteiger partial charge in [-0.25, -0.2) is 4.98 Å². The number of fused-ring (bicyclic) bond motifs is 1. The van der Waals surface area contributed by atoms with Crippen molar-refractivity contribution in [1.29, 1.82) is 0 Å². The summed E-state index contributed by atoms with van der Waals surface area (Å²) in [6, 6.07) is 0.306. The molecule has 1 saturated carbocycles. The van der Waals surface area contributed by atoms with Crippen molar-refractivity contribution in [1.82, 2.24) is 14.9 Å². The zero-order valence-electron chi connectivity index (χ0n) is 16.6. The summed E-state index contributed by atoms with van der Waals surface area (Å²) in [7, 11) is 0. The van der Waals surface area contributed by atoms with Gasteiger partial charge < -0.3 is 5.32 Å². The van der Waals surface area contributed by atoms with Gasteiger partial charge in [-0.1, -0.05) is 37.9 Å². The molecule has 1 aliphatic carbocycles. The van der Waals surface area contributed by atoms with E-state index >= 15 is 0 Å². The second-order valence-electron chi connectivity index (χ2n) is 7.42. The molecule has 0 saturated heterocycles. The Balaban J connectivity index is 1.89. The van der Waals surface area contributed by atoms with Crippen molar-refractivity contribution in [2.45, 2.75) is 89.2 Å². The number of carbonyl (C=O) groups excluding carboxylic acids is 1. The minimum Gasteiger partial charge on any atom is -0.352 e. The monoisotopic (exact) mass is 407 g/mol. The van der Waals surface area contributed by atoms with Crippen molar-refractivity contribution >= 4 is 39.2 Å². The summed E-state index contributed by atoms with van der Waals surface area (Å²) in [5.74, 6) is 0.0434. The number of aryl methyl sites for hydroxylation is 2. The van der Waals surface area contributed by atoms with E-state index in [2.05, 4.69) is 12.2 Å². The highest BCUT2D eigenvalue weighted by atomic mass is 32.2. The predicted molar refractivity (Wildman–Crippen MR) is 114 cm³/mol. The second kappa shape index (κ2) is 8.78. The van der Waals surface area contributed by atoms with Crippen LogP contribution >= 0.6 is 23.1 Å². The van der Waals surface area contributed by atoms with Crippen molar-refractivity contribution in [2.75, 3.05) is 0 Å². The number of nitrogens with zero attached hydrogens (tertiary/aromatic N) is 2. The van der Waals surface area contributed by atoms with Crippen LogP contribution in [0.4, 0.5) is 0 Å². The number of thioether (sulfide) groups is 1. The summed E-state index contributed by atoms with van der Waals surface area (Å²) < 4.78 is 1.77. The molecule has 0 radical (unpaired) electrons. The number of rotatable bonds is 7. The van der Waals surface area contributed by atoms with E-state index in [0.717, 1.165) is 46.3 Å². The van der Waals surface area contributed by atoms with E-state index in [1.54, 1.807) is 15.9 Å². The molecule has 1 amide bonds. The third-order valence-corrected chi connectivity index (χ3v) is 7.53. The molecule has 1 aliphatic rings. The van der Waals surface area contributed by atoms with Crippen LogP contribution in [0, 0.1) is 13.8 Å². The quantitative estimate of drug-likeness (QED) is 0.545. The summed E-state index contributed by atoms with van der Waals surface area (Å²) in [4.78, 5) is 32.4. The molecule has 0 bridgehead atoms. The molecular formula is C20H29N3O2S2. The van der Waals surface area contributed by atoms with Gasteiger partial charge >= 0.3 is 0 Å². The average Bonchev–Trinajstić information content (AvgIpc) is 3.23. The summed E-state index contributed by atoms with van der Waals surface area (Å²) >= 11 is 2.97.